The zero-order chi connectivity index (χ0) is 25.7. The highest BCUT2D eigenvalue weighted by molar-refractivity contribution is 5.95. The summed E-state index contributed by atoms with van der Waals surface area (Å²) in [4.78, 5) is 39.0. The standard InChI is InChI=1S/C30H36N4O2/c1-5-7-28(35)24-12-15-33(16-13-24)29-26-19-34(17-14-27(26)31-20-32-29)30(36)25-10-8-23(9-11-25)22(6-2)18-21(3)4/h6,8-11,18,20,24H,2-3,5,7,12-17,19H2,1,4H3/b22-18+. The zero-order valence-electron chi connectivity index (χ0n) is 21.5. The second-order valence-corrected chi connectivity index (χ2v) is 9.80. The van der Waals surface area contributed by atoms with Crippen LogP contribution in [0.1, 0.15) is 66.7 Å². The van der Waals surface area contributed by atoms with E-state index < -0.39 is 0 Å². The maximum atomic E-state index is 13.4. The summed E-state index contributed by atoms with van der Waals surface area (Å²) in [5.41, 5.74) is 5.65. The number of aromatic nitrogens is 2. The first-order valence-electron chi connectivity index (χ1n) is 12.9. The van der Waals surface area contributed by atoms with Crippen LogP contribution in [-0.4, -0.2) is 46.2 Å². The van der Waals surface area contributed by atoms with Crippen LogP contribution in [-0.2, 0) is 17.8 Å². The van der Waals surface area contributed by atoms with E-state index in [0.717, 1.165) is 66.1 Å². The molecule has 0 aliphatic carbocycles. The molecular formula is C30H36N4O2. The third-order valence-electron chi connectivity index (χ3n) is 7.10. The average molecular weight is 485 g/mol. The zero-order valence-corrected chi connectivity index (χ0v) is 21.5. The van der Waals surface area contributed by atoms with Gasteiger partial charge >= 0.3 is 0 Å². The molecule has 1 aromatic heterocycles. The van der Waals surface area contributed by atoms with Crippen molar-refractivity contribution in [2.45, 2.75) is 52.5 Å². The van der Waals surface area contributed by atoms with Gasteiger partial charge in [0.2, 0.25) is 0 Å². The van der Waals surface area contributed by atoms with Gasteiger partial charge in [-0.2, -0.15) is 0 Å². The van der Waals surface area contributed by atoms with Crippen LogP contribution in [0.3, 0.4) is 0 Å². The van der Waals surface area contributed by atoms with E-state index in [1.54, 1.807) is 12.4 Å². The molecule has 0 N–H and O–H groups in total. The summed E-state index contributed by atoms with van der Waals surface area (Å²) >= 11 is 0. The van der Waals surface area contributed by atoms with E-state index >= 15 is 0 Å². The molecule has 1 amide bonds. The minimum absolute atomic E-state index is 0.00917. The van der Waals surface area contributed by atoms with Crippen LogP contribution in [0.5, 0.6) is 0 Å². The number of piperidine rings is 1. The Morgan fingerprint density at radius 2 is 1.78 bits per heavy atom. The van der Waals surface area contributed by atoms with Crippen molar-refractivity contribution in [3.05, 3.63) is 83.9 Å². The first kappa shape index (κ1) is 25.5. The number of ketones is 1. The van der Waals surface area contributed by atoms with Crippen LogP contribution in [0.25, 0.3) is 5.57 Å². The smallest absolute Gasteiger partial charge is 0.254 e. The molecule has 6 heteroatoms. The molecule has 6 nitrogen and oxygen atoms in total. The average Bonchev–Trinajstić information content (AvgIpc) is 2.91. The highest BCUT2D eigenvalue weighted by Crippen LogP contribution is 2.30. The first-order chi connectivity index (χ1) is 17.4. The molecule has 0 atom stereocenters. The largest absolute Gasteiger partial charge is 0.356 e. The normalized spacial score (nSPS) is 16.4. The monoisotopic (exact) mass is 484 g/mol. The minimum Gasteiger partial charge on any atom is -0.356 e. The summed E-state index contributed by atoms with van der Waals surface area (Å²) in [7, 11) is 0. The molecule has 0 unspecified atom stereocenters. The van der Waals surface area contributed by atoms with Crippen molar-refractivity contribution in [3.8, 4) is 0 Å². The maximum Gasteiger partial charge on any atom is 0.254 e. The van der Waals surface area contributed by atoms with E-state index in [1.165, 1.54) is 0 Å². The van der Waals surface area contributed by atoms with Crippen molar-refractivity contribution in [1.82, 2.24) is 14.9 Å². The summed E-state index contributed by atoms with van der Waals surface area (Å²) in [6, 6.07) is 7.67. The number of rotatable bonds is 8. The summed E-state index contributed by atoms with van der Waals surface area (Å²) in [5.74, 6) is 1.47. The number of amides is 1. The van der Waals surface area contributed by atoms with Crippen molar-refractivity contribution in [3.63, 3.8) is 0 Å². The van der Waals surface area contributed by atoms with Gasteiger partial charge in [0.25, 0.3) is 5.91 Å². The van der Waals surface area contributed by atoms with Crippen LogP contribution in [0.15, 0.2) is 61.5 Å². The molecule has 36 heavy (non-hydrogen) atoms. The van der Waals surface area contributed by atoms with Gasteiger partial charge in [0.05, 0.1) is 12.2 Å². The molecule has 0 bridgehead atoms. The molecule has 1 aromatic carbocycles. The van der Waals surface area contributed by atoms with Gasteiger partial charge in [-0.05, 0) is 49.5 Å². The molecule has 2 aliphatic heterocycles. The number of carbonyl (C=O) groups is 2. The lowest BCUT2D eigenvalue weighted by Crippen LogP contribution is -2.40. The summed E-state index contributed by atoms with van der Waals surface area (Å²) in [6.07, 6.45) is 9.43. The fraction of sp³-hybridized carbons (Fsp3) is 0.400. The Morgan fingerprint density at radius 1 is 1.08 bits per heavy atom. The third-order valence-corrected chi connectivity index (χ3v) is 7.10. The van der Waals surface area contributed by atoms with Crippen LogP contribution in [0, 0.1) is 5.92 Å². The van der Waals surface area contributed by atoms with Crippen LogP contribution in [0.2, 0.25) is 0 Å². The second kappa shape index (κ2) is 11.5. The number of anilines is 1. The Hall–Kier alpha value is -3.54. The van der Waals surface area contributed by atoms with Gasteiger partial charge < -0.3 is 9.80 Å². The molecule has 2 aliphatic rings. The Morgan fingerprint density at radius 3 is 2.42 bits per heavy atom. The molecule has 1 fully saturated rings. The van der Waals surface area contributed by atoms with Crippen LogP contribution in [0.4, 0.5) is 5.82 Å². The van der Waals surface area contributed by atoms with Crippen molar-refractivity contribution in [1.29, 1.82) is 0 Å². The maximum absolute atomic E-state index is 13.4. The van der Waals surface area contributed by atoms with Gasteiger partial charge in [-0.15, -0.1) is 0 Å². The third kappa shape index (κ3) is 5.64. The van der Waals surface area contributed by atoms with Crippen molar-refractivity contribution in [2.75, 3.05) is 24.5 Å². The predicted molar refractivity (Wildman–Crippen MR) is 145 cm³/mol. The Balaban J connectivity index is 1.48. The molecule has 188 valence electrons. The molecule has 1 saturated heterocycles. The van der Waals surface area contributed by atoms with Gasteiger partial charge in [-0.25, -0.2) is 9.97 Å². The van der Waals surface area contributed by atoms with E-state index in [4.69, 9.17) is 0 Å². The molecule has 2 aromatic rings. The fourth-order valence-corrected chi connectivity index (χ4v) is 5.15. The highest BCUT2D eigenvalue weighted by atomic mass is 16.2. The molecule has 0 saturated carbocycles. The summed E-state index contributed by atoms with van der Waals surface area (Å²) in [5, 5.41) is 0. The van der Waals surface area contributed by atoms with E-state index in [2.05, 4.69) is 34.9 Å². The number of hydrogen-bond acceptors (Lipinski definition) is 5. The lowest BCUT2D eigenvalue weighted by molar-refractivity contribution is -0.123. The number of Topliss-reactive ketones (excluding diaryl/α,β-unsaturated/α-hetero) is 1. The molecular weight excluding hydrogens is 448 g/mol. The fourth-order valence-electron chi connectivity index (χ4n) is 5.15. The number of allylic oxidation sites excluding steroid dienone is 4. The topological polar surface area (TPSA) is 66.4 Å². The van der Waals surface area contributed by atoms with Crippen molar-refractivity contribution >= 4 is 23.1 Å². The van der Waals surface area contributed by atoms with E-state index in [9.17, 15) is 9.59 Å². The number of benzene rings is 1. The van der Waals surface area contributed by atoms with Gasteiger partial charge in [0.1, 0.15) is 17.9 Å². The van der Waals surface area contributed by atoms with Crippen molar-refractivity contribution < 1.29 is 9.59 Å². The van der Waals surface area contributed by atoms with E-state index in [1.807, 2.05) is 42.2 Å². The van der Waals surface area contributed by atoms with Gasteiger partial charge in [-0.3, -0.25) is 9.59 Å². The van der Waals surface area contributed by atoms with Crippen LogP contribution >= 0.6 is 0 Å². The lowest BCUT2D eigenvalue weighted by atomic mass is 9.90. The van der Waals surface area contributed by atoms with Gasteiger partial charge in [0.15, 0.2) is 0 Å². The highest BCUT2D eigenvalue weighted by Gasteiger charge is 2.30. The van der Waals surface area contributed by atoms with Crippen LogP contribution < -0.4 is 4.90 Å². The Kier molecular flexibility index (Phi) is 8.14. The Bertz CT molecular complexity index is 1170. The second-order valence-electron chi connectivity index (χ2n) is 9.80. The van der Waals surface area contributed by atoms with Crippen molar-refractivity contribution in [2.24, 2.45) is 5.92 Å². The minimum atomic E-state index is 0.00917. The summed E-state index contributed by atoms with van der Waals surface area (Å²) in [6.45, 7) is 14.6. The predicted octanol–water partition coefficient (Wildman–Crippen LogP) is 5.41. The molecule has 0 spiro atoms. The molecule has 3 heterocycles. The first-order valence-corrected chi connectivity index (χ1v) is 12.9. The number of fused-ring (bicyclic) bond motifs is 1. The molecule has 4 rings (SSSR count). The molecule has 0 radical (unpaired) electrons. The lowest BCUT2D eigenvalue weighted by Gasteiger charge is -2.36. The number of hydrogen-bond donors (Lipinski definition) is 0. The van der Waals surface area contributed by atoms with E-state index in [0.29, 0.717) is 37.3 Å². The summed E-state index contributed by atoms with van der Waals surface area (Å²) < 4.78 is 0. The SMILES string of the molecule is C=C/C(=C\C(=C)C)c1ccc(C(=O)N2CCc3ncnc(N4CCC(C(=O)CCC)CC4)c3C2)cc1. The number of nitrogens with zero attached hydrogens (tertiary/aromatic N) is 4. The Labute approximate surface area is 214 Å². The van der Waals surface area contributed by atoms with Gasteiger partial charge in [0, 0.05) is 49.5 Å². The van der Waals surface area contributed by atoms with E-state index in [-0.39, 0.29) is 11.8 Å². The van der Waals surface area contributed by atoms with Gasteiger partial charge in [-0.1, -0.05) is 49.9 Å². The quantitative estimate of drug-likeness (QED) is 0.469. The number of carbonyl (C=O) groups excluding carboxylic acids is 2.